The molecule has 2 aromatic rings. The third-order valence-electron chi connectivity index (χ3n) is 2.83. The number of nitrogens with zero attached hydrogens (tertiary/aromatic N) is 1. The van der Waals surface area contributed by atoms with Gasteiger partial charge in [-0.15, -0.1) is 0 Å². The number of phenols is 2. The van der Waals surface area contributed by atoms with E-state index in [1.165, 1.54) is 6.21 Å². The zero-order chi connectivity index (χ0) is 14.9. The van der Waals surface area contributed by atoms with E-state index in [2.05, 4.69) is 20.9 Å². The van der Waals surface area contributed by atoms with Gasteiger partial charge in [0, 0.05) is 16.3 Å². The lowest BCUT2D eigenvalue weighted by Crippen LogP contribution is -1.85. The minimum atomic E-state index is -0.0394. The summed E-state index contributed by atoms with van der Waals surface area (Å²) in [5.74, 6) is 0.0925. The molecular formula is C15H13BrClNO2. The number of aromatic hydroxyl groups is 2. The van der Waals surface area contributed by atoms with E-state index in [-0.39, 0.29) is 16.5 Å². The van der Waals surface area contributed by atoms with Crippen LogP contribution in [0.3, 0.4) is 0 Å². The molecule has 0 aliphatic rings. The van der Waals surface area contributed by atoms with Gasteiger partial charge in [-0.05, 0) is 43.2 Å². The maximum absolute atomic E-state index is 9.97. The number of halogens is 2. The van der Waals surface area contributed by atoms with Crippen LogP contribution in [0.15, 0.2) is 33.7 Å². The largest absolute Gasteiger partial charge is 0.506 e. The van der Waals surface area contributed by atoms with Crippen LogP contribution in [0.5, 0.6) is 11.5 Å². The normalized spacial score (nSPS) is 11.2. The fraction of sp³-hybridized carbons (Fsp3) is 0.133. The molecule has 0 radical (unpaired) electrons. The molecule has 0 bridgehead atoms. The summed E-state index contributed by atoms with van der Waals surface area (Å²) >= 11 is 9.20. The van der Waals surface area contributed by atoms with Crippen molar-refractivity contribution in [1.82, 2.24) is 0 Å². The van der Waals surface area contributed by atoms with Crippen molar-refractivity contribution in [2.24, 2.45) is 4.99 Å². The third kappa shape index (κ3) is 3.14. The van der Waals surface area contributed by atoms with Crippen molar-refractivity contribution in [3.63, 3.8) is 0 Å². The van der Waals surface area contributed by atoms with Crippen LogP contribution < -0.4 is 0 Å². The van der Waals surface area contributed by atoms with Gasteiger partial charge in [-0.25, -0.2) is 0 Å². The van der Waals surface area contributed by atoms with E-state index in [4.69, 9.17) is 11.6 Å². The summed E-state index contributed by atoms with van der Waals surface area (Å²) < 4.78 is 0.742. The molecule has 0 aliphatic heterocycles. The molecule has 2 rings (SSSR count). The Bertz CT molecular complexity index is 639. The van der Waals surface area contributed by atoms with Crippen molar-refractivity contribution < 1.29 is 10.2 Å². The molecule has 0 atom stereocenters. The zero-order valence-electron chi connectivity index (χ0n) is 11.0. The standard InChI is InChI=1S/C15H13BrClNO2/c1-8-3-9(2)14(19)13(4-8)18-7-10-5-11(16)6-12(17)15(10)20/h3-7,19-20H,1-2H3. The lowest BCUT2D eigenvalue weighted by molar-refractivity contribution is 0.472. The van der Waals surface area contributed by atoms with Gasteiger partial charge in [-0.1, -0.05) is 33.6 Å². The average molecular weight is 355 g/mol. The van der Waals surface area contributed by atoms with Crippen LogP contribution in [0, 0.1) is 13.8 Å². The van der Waals surface area contributed by atoms with Gasteiger partial charge < -0.3 is 10.2 Å². The minimum absolute atomic E-state index is 0.0394. The van der Waals surface area contributed by atoms with Crippen molar-refractivity contribution in [3.8, 4) is 11.5 Å². The van der Waals surface area contributed by atoms with E-state index >= 15 is 0 Å². The summed E-state index contributed by atoms with van der Waals surface area (Å²) in [5, 5.41) is 20.1. The number of aryl methyl sites for hydroxylation is 2. The van der Waals surface area contributed by atoms with Crippen molar-refractivity contribution in [3.05, 3.63) is 50.5 Å². The summed E-state index contributed by atoms with van der Waals surface area (Å²) in [6, 6.07) is 6.95. The Morgan fingerprint density at radius 3 is 2.50 bits per heavy atom. The zero-order valence-corrected chi connectivity index (χ0v) is 13.3. The number of phenolic OH excluding ortho intramolecular Hbond substituents is 2. The smallest absolute Gasteiger partial charge is 0.144 e. The number of hydrogen-bond donors (Lipinski definition) is 2. The van der Waals surface area contributed by atoms with Crippen LogP contribution >= 0.6 is 27.5 Å². The molecule has 0 fully saturated rings. The van der Waals surface area contributed by atoms with Crippen LogP contribution in [-0.2, 0) is 0 Å². The first-order chi connectivity index (χ1) is 9.38. The van der Waals surface area contributed by atoms with Crippen LogP contribution in [0.1, 0.15) is 16.7 Å². The van der Waals surface area contributed by atoms with E-state index in [0.29, 0.717) is 11.3 Å². The van der Waals surface area contributed by atoms with Crippen LogP contribution in [0.25, 0.3) is 0 Å². The monoisotopic (exact) mass is 353 g/mol. The summed E-state index contributed by atoms with van der Waals surface area (Å²) in [5.41, 5.74) is 2.69. The molecule has 0 heterocycles. The second-order valence-electron chi connectivity index (χ2n) is 4.53. The maximum atomic E-state index is 9.97. The first kappa shape index (κ1) is 14.9. The predicted octanol–water partition coefficient (Wildman–Crippen LogP) is 4.88. The van der Waals surface area contributed by atoms with Crippen LogP contribution in [0.4, 0.5) is 5.69 Å². The lowest BCUT2D eigenvalue weighted by Gasteiger charge is -2.06. The molecule has 2 aromatic carbocycles. The SMILES string of the molecule is Cc1cc(C)c(O)c(N=Cc2cc(Br)cc(Cl)c2O)c1. The Morgan fingerprint density at radius 1 is 1.10 bits per heavy atom. The molecule has 0 amide bonds. The van der Waals surface area contributed by atoms with Gasteiger partial charge in [0.15, 0.2) is 0 Å². The number of hydrogen-bond acceptors (Lipinski definition) is 3. The summed E-state index contributed by atoms with van der Waals surface area (Å²) in [7, 11) is 0. The molecule has 0 unspecified atom stereocenters. The van der Waals surface area contributed by atoms with E-state index in [0.717, 1.165) is 15.6 Å². The maximum Gasteiger partial charge on any atom is 0.144 e. The van der Waals surface area contributed by atoms with Gasteiger partial charge in [0.1, 0.15) is 17.2 Å². The number of rotatable bonds is 2. The molecule has 0 aliphatic carbocycles. The van der Waals surface area contributed by atoms with Crippen LogP contribution in [0.2, 0.25) is 5.02 Å². The van der Waals surface area contributed by atoms with Gasteiger partial charge in [0.05, 0.1) is 5.02 Å². The van der Waals surface area contributed by atoms with Gasteiger partial charge in [-0.2, -0.15) is 0 Å². The molecular weight excluding hydrogens is 342 g/mol. The fourth-order valence-electron chi connectivity index (χ4n) is 1.86. The topological polar surface area (TPSA) is 52.8 Å². The van der Waals surface area contributed by atoms with E-state index in [1.807, 2.05) is 19.9 Å². The van der Waals surface area contributed by atoms with E-state index in [9.17, 15) is 10.2 Å². The molecule has 20 heavy (non-hydrogen) atoms. The first-order valence-corrected chi connectivity index (χ1v) is 7.08. The highest BCUT2D eigenvalue weighted by atomic mass is 79.9. The highest BCUT2D eigenvalue weighted by Gasteiger charge is 2.07. The molecule has 2 N–H and O–H groups in total. The Hall–Kier alpha value is -1.52. The van der Waals surface area contributed by atoms with Gasteiger partial charge in [0.25, 0.3) is 0 Å². The summed E-state index contributed by atoms with van der Waals surface area (Å²) in [6.45, 7) is 3.74. The second-order valence-corrected chi connectivity index (χ2v) is 5.86. The minimum Gasteiger partial charge on any atom is -0.506 e. The molecule has 0 spiro atoms. The quantitative estimate of drug-likeness (QED) is 0.755. The van der Waals surface area contributed by atoms with E-state index < -0.39 is 0 Å². The van der Waals surface area contributed by atoms with Crippen molar-refractivity contribution in [1.29, 1.82) is 0 Å². The molecule has 5 heteroatoms. The molecule has 104 valence electrons. The lowest BCUT2D eigenvalue weighted by atomic mass is 10.1. The summed E-state index contributed by atoms with van der Waals surface area (Å²) in [6.07, 6.45) is 1.47. The number of aliphatic imine (C=N–C) groups is 1. The van der Waals surface area contributed by atoms with Crippen molar-refractivity contribution in [2.45, 2.75) is 13.8 Å². The molecule has 0 saturated heterocycles. The highest BCUT2D eigenvalue weighted by Crippen LogP contribution is 2.33. The first-order valence-electron chi connectivity index (χ1n) is 5.91. The Kier molecular flexibility index (Phi) is 4.35. The summed E-state index contributed by atoms with van der Waals surface area (Å²) in [4.78, 5) is 4.23. The van der Waals surface area contributed by atoms with Gasteiger partial charge in [-0.3, -0.25) is 4.99 Å². The molecule has 3 nitrogen and oxygen atoms in total. The Balaban J connectivity index is 2.45. The Morgan fingerprint density at radius 2 is 1.80 bits per heavy atom. The van der Waals surface area contributed by atoms with Gasteiger partial charge >= 0.3 is 0 Å². The van der Waals surface area contributed by atoms with E-state index in [1.54, 1.807) is 18.2 Å². The second kappa shape index (κ2) is 5.85. The van der Waals surface area contributed by atoms with Crippen molar-refractivity contribution in [2.75, 3.05) is 0 Å². The van der Waals surface area contributed by atoms with Gasteiger partial charge in [0.2, 0.25) is 0 Å². The fourth-order valence-corrected chi connectivity index (χ4v) is 2.69. The number of benzene rings is 2. The molecule has 0 saturated carbocycles. The molecule has 0 aromatic heterocycles. The van der Waals surface area contributed by atoms with Crippen LogP contribution in [-0.4, -0.2) is 16.4 Å². The van der Waals surface area contributed by atoms with Crippen molar-refractivity contribution >= 4 is 39.4 Å². The predicted molar refractivity (Wildman–Crippen MR) is 85.7 cm³/mol. The third-order valence-corrected chi connectivity index (χ3v) is 3.57. The Labute approximate surface area is 130 Å². The highest BCUT2D eigenvalue weighted by molar-refractivity contribution is 9.10. The average Bonchev–Trinajstić information content (AvgIpc) is 2.37.